The van der Waals surface area contributed by atoms with E-state index in [9.17, 15) is 10.2 Å². The zero-order chi connectivity index (χ0) is 37.0. The van der Waals surface area contributed by atoms with Gasteiger partial charge in [0.15, 0.2) is 0 Å². The van der Waals surface area contributed by atoms with Gasteiger partial charge in [-0.1, -0.05) is 108 Å². The molecule has 2 heteroatoms. The van der Waals surface area contributed by atoms with Crippen molar-refractivity contribution >= 4 is 0 Å². The number of rotatable bonds is 4. The lowest BCUT2D eigenvalue weighted by Crippen LogP contribution is -2.00. The van der Waals surface area contributed by atoms with Crippen LogP contribution in [-0.2, 0) is 12.8 Å². The molecule has 0 bridgehead atoms. The van der Waals surface area contributed by atoms with Crippen LogP contribution in [0.5, 0.6) is 11.5 Å². The van der Waals surface area contributed by atoms with Gasteiger partial charge in [0.1, 0.15) is 11.5 Å². The molecule has 0 aliphatic rings. The lowest BCUT2D eigenvalue weighted by atomic mass is 9.91. The first-order valence-electron chi connectivity index (χ1n) is 17.6. The normalized spacial score (nSPS) is 9.93. The first-order chi connectivity index (χ1) is 26.5. The minimum Gasteiger partial charge on any atom is -0.508 e. The van der Waals surface area contributed by atoms with Crippen LogP contribution in [0.2, 0.25) is 0 Å². The molecule has 2 N–H and O–H groups in total. The smallest absolute Gasteiger partial charge is 0.115 e. The Bertz CT molecular complexity index is 2440. The molecule has 0 aliphatic heterocycles. The monoisotopic (exact) mass is 690 g/mol. The summed E-state index contributed by atoms with van der Waals surface area (Å²) in [6, 6.07) is 54.7. The van der Waals surface area contributed by atoms with E-state index in [1.807, 2.05) is 133 Å². The Balaban J connectivity index is 1.24. The minimum atomic E-state index is 0.225. The van der Waals surface area contributed by atoms with E-state index in [0.29, 0.717) is 12.8 Å². The topological polar surface area (TPSA) is 40.5 Å². The lowest BCUT2D eigenvalue weighted by Gasteiger charge is -2.12. The van der Waals surface area contributed by atoms with Crippen LogP contribution in [0.3, 0.4) is 0 Å². The van der Waals surface area contributed by atoms with Crippen LogP contribution in [-0.4, -0.2) is 10.2 Å². The van der Waals surface area contributed by atoms with Gasteiger partial charge in [0.05, 0.1) is 0 Å². The number of benzene rings is 7. The maximum Gasteiger partial charge on any atom is 0.115 e. The maximum atomic E-state index is 9.94. The van der Waals surface area contributed by atoms with Gasteiger partial charge in [-0.3, -0.25) is 0 Å². The Labute approximate surface area is 317 Å². The molecule has 0 heterocycles. The van der Waals surface area contributed by atoms with Crippen molar-refractivity contribution in [2.45, 2.75) is 12.8 Å². The van der Waals surface area contributed by atoms with Crippen molar-refractivity contribution in [2.75, 3.05) is 0 Å². The predicted octanol–water partition coefficient (Wildman–Crippen LogP) is 9.88. The van der Waals surface area contributed by atoms with E-state index in [4.69, 9.17) is 0 Å². The molecule has 0 spiro atoms. The summed E-state index contributed by atoms with van der Waals surface area (Å²) in [5.74, 6) is 27.0. The minimum absolute atomic E-state index is 0.225. The molecule has 0 amide bonds. The number of aromatic hydroxyl groups is 2. The summed E-state index contributed by atoms with van der Waals surface area (Å²) in [6.45, 7) is 0. The average molecular weight is 691 g/mol. The zero-order valence-electron chi connectivity index (χ0n) is 29.5. The molecule has 54 heavy (non-hydrogen) atoms. The Morgan fingerprint density at radius 2 is 0.574 bits per heavy atom. The quantitative estimate of drug-likeness (QED) is 0.181. The Morgan fingerprint density at radius 1 is 0.296 bits per heavy atom. The van der Waals surface area contributed by atoms with Gasteiger partial charge in [-0.2, -0.15) is 0 Å². The maximum absolute atomic E-state index is 9.94. The molecule has 0 atom stereocenters. The Morgan fingerprint density at radius 3 is 0.889 bits per heavy atom. The first-order valence-corrected chi connectivity index (χ1v) is 17.6. The summed E-state index contributed by atoms with van der Waals surface area (Å²) >= 11 is 0. The van der Waals surface area contributed by atoms with Gasteiger partial charge in [-0.05, 0) is 144 Å². The molecule has 7 rings (SSSR count). The van der Waals surface area contributed by atoms with Crippen molar-refractivity contribution in [3.63, 3.8) is 0 Å². The number of phenolic OH excluding ortho intramolecular Hbond substituents is 2. The predicted molar refractivity (Wildman–Crippen MR) is 218 cm³/mol. The fourth-order valence-electron chi connectivity index (χ4n) is 5.77. The molecule has 254 valence electrons. The van der Waals surface area contributed by atoms with Crippen molar-refractivity contribution in [2.24, 2.45) is 0 Å². The van der Waals surface area contributed by atoms with Gasteiger partial charge < -0.3 is 10.2 Å². The molecular weight excluding hydrogens is 657 g/mol. The summed E-state index contributed by atoms with van der Waals surface area (Å²) in [4.78, 5) is 0. The second-order valence-electron chi connectivity index (χ2n) is 12.7. The van der Waals surface area contributed by atoms with Crippen LogP contribution < -0.4 is 0 Å². The van der Waals surface area contributed by atoms with Crippen LogP contribution in [0.15, 0.2) is 170 Å². The molecule has 0 aliphatic carbocycles. The molecule has 0 unspecified atom stereocenters. The lowest BCUT2D eigenvalue weighted by molar-refractivity contribution is 0.474. The van der Waals surface area contributed by atoms with Crippen molar-refractivity contribution in [3.8, 4) is 58.9 Å². The van der Waals surface area contributed by atoms with Gasteiger partial charge >= 0.3 is 0 Å². The molecule has 2 nitrogen and oxygen atoms in total. The standard InChI is InChI=1S/C52H34O2/c53-51-31-25-45(26-32-51)35-49-38-48(30-24-44-21-17-42(18-22-44)14-12-40-9-5-2-6-10-40)50(36-46-27-33-52(54)34-28-46)37-47(49)29-23-43-19-15-41(16-20-43)13-11-39-7-3-1-4-8-39/h1-10,15-22,25-28,31-34,37-38,53-54H,35-36H2. The molecular formula is C52H34O2. The second kappa shape index (κ2) is 17.1. The Hall–Kier alpha value is -7.62. The van der Waals surface area contributed by atoms with E-state index in [1.54, 1.807) is 24.3 Å². The van der Waals surface area contributed by atoms with Crippen LogP contribution in [0.4, 0.5) is 0 Å². The van der Waals surface area contributed by atoms with E-state index < -0.39 is 0 Å². The van der Waals surface area contributed by atoms with E-state index in [0.717, 1.165) is 66.8 Å². The third kappa shape index (κ3) is 9.79. The second-order valence-corrected chi connectivity index (χ2v) is 12.7. The van der Waals surface area contributed by atoms with Crippen molar-refractivity contribution in [1.29, 1.82) is 0 Å². The fraction of sp³-hybridized carbons (Fsp3) is 0.0385. The number of hydrogen-bond donors (Lipinski definition) is 2. The SMILES string of the molecule is Oc1ccc(Cc2cc(C#Cc3ccc(C#Cc4ccccc4)cc3)c(Cc3ccc(O)cc3)cc2C#Cc2ccc(C#Cc3ccccc3)cc2)cc1. The van der Waals surface area contributed by atoms with Crippen molar-refractivity contribution in [1.82, 2.24) is 0 Å². The van der Waals surface area contributed by atoms with Crippen LogP contribution in [0.25, 0.3) is 0 Å². The summed E-state index contributed by atoms with van der Waals surface area (Å²) < 4.78 is 0. The van der Waals surface area contributed by atoms with E-state index in [-0.39, 0.29) is 11.5 Å². The summed E-state index contributed by atoms with van der Waals surface area (Å²) in [7, 11) is 0. The third-order valence-corrected chi connectivity index (χ3v) is 8.69. The molecule has 7 aromatic rings. The number of phenols is 2. The summed E-state index contributed by atoms with van der Waals surface area (Å²) in [6.07, 6.45) is 1.22. The van der Waals surface area contributed by atoms with E-state index in [1.165, 1.54) is 0 Å². The Kier molecular flexibility index (Phi) is 11.0. The highest BCUT2D eigenvalue weighted by Gasteiger charge is 2.11. The van der Waals surface area contributed by atoms with Gasteiger partial charge in [0.2, 0.25) is 0 Å². The highest BCUT2D eigenvalue weighted by Crippen LogP contribution is 2.24. The highest BCUT2D eigenvalue weighted by molar-refractivity contribution is 5.58. The van der Waals surface area contributed by atoms with Crippen LogP contribution in [0, 0.1) is 47.4 Å². The highest BCUT2D eigenvalue weighted by atomic mass is 16.3. The molecule has 0 radical (unpaired) electrons. The molecule has 0 saturated heterocycles. The molecule has 0 saturated carbocycles. The van der Waals surface area contributed by atoms with Crippen molar-refractivity contribution < 1.29 is 10.2 Å². The van der Waals surface area contributed by atoms with E-state index >= 15 is 0 Å². The fourth-order valence-corrected chi connectivity index (χ4v) is 5.77. The van der Waals surface area contributed by atoms with Gasteiger partial charge in [-0.15, -0.1) is 0 Å². The van der Waals surface area contributed by atoms with Crippen LogP contribution in [0.1, 0.15) is 66.8 Å². The largest absolute Gasteiger partial charge is 0.508 e. The van der Waals surface area contributed by atoms with Gasteiger partial charge in [0.25, 0.3) is 0 Å². The number of hydrogen-bond acceptors (Lipinski definition) is 2. The molecule has 7 aromatic carbocycles. The summed E-state index contributed by atoms with van der Waals surface area (Å²) in [5, 5.41) is 19.9. The zero-order valence-corrected chi connectivity index (χ0v) is 29.5. The summed E-state index contributed by atoms with van der Waals surface area (Å²) in [5.41, 5.74) is 11.5. The van der Waals surface area contributed by atoms with E-state index in [2.05, 4.69) is 59.5 Å². The van der Waals surface area contributed by atoms with Gasteiger partial charge in [0, 0.05) is 44.5 Å². The van der Waals surface area contributed by atoms with Crippen LogP contribution >= 0.6 is 0 Å². The van der Waals surface area contributed by atoms with Gasteiger partial charge in [-0.25, -0.2) is 0 Å². The average Bonchev–Trinajstić information content (AvgIpc) is 3.22. The third-order valence-electron chi connectivity index (χ3n) is 8.69. The molecule has 0 aromatic heterocycles. The van der Waals surface area contributed by atoms with Crippen molar-refractivity contribution in [3.05, 3.63) is 237 Å². The first kappa shape index (κ1) is 34.8. The molecule has 0 fully saturated rings.